The first kappa shape index (κ1) is 90.1. The van der Waals surface area contributed by atoms with Crippen molar-refractivity contribution in [3.8, 4) is 0 Å². The van der Waals surface area contributed by atoms with Crippen molar-refractivity contribution in [2.75, 3.05) is 39.6 Å². The molecule has 0 radical (unpaired) electrons. The van der Waals surface area contributed by atoms with Crippen LogP contribution in [0.15, 0.2) is 0 Å². The van der Waals surface area contributed by atoms with Crippen molar-refractivity contribution in [1.82, 2.24) is 0 Å². The monoisotopic (exact) mass is 1350 g/mol. The molecule has 0 spiro atoms. The van der Waals surface area contributed by atoms with E-state index >= 15 is 0 Å². The molecule has 0 aromatic carbocycles. The quantitative estimate of drug-likeness (QED) is 0.0222. The zero-order valence-electron chi connectivity index (χ0n) is 59.7. The van der Waals surface area contributed by atoms with Gasteiger partial charge in [-0.1, -0.05) is 330 Å². The van der Waals surface area contributed by atoms with Crippen LogP contribution in [0.5, 0.6) is 0 Å². The van der Waals surface area contributed by atoms with Crippen LogP contribution in [-0.2, 0) is 65.4 Å². The third kappa shape index (κ3) is 65.4. The number of unbranched alkanes of at least 4 members (excludes halogenated alkanes) is 44. The summed E-state index contributed by atoms with van der Waals surface area (Å²) in [5.41, 5.74) is 0. The molecule has 17 nitrogen and oxygen atoms in total. The molecule has 0 aromatic heterocycles. The molecule has 6 atom stereocenters. The first-order valence-electron chi connectivity index (χ1n) is 38.2. The Hall–Kier alpha value is -1.94. The van der Waals surface area contributed by atoms with Crippen molar-refractivity contribution in [3.05, 3.63) is 0 Å². The molecule has 19 heteroatoms. The summed E-state index contributed by atoms with van der Waals surface area (Å²) >= 11 is 0. The van der Waals surface area contributed by atoms with Gasteiger partial charge in [-0.3, -0.25) is 37.3 Å². The van der Waals surface area contributed by atoms with Gasteiger partial charge in [-0.2, -0.15) is 0 Å². The standard InChI is InChI=1S/C73H142O17P2/c1-6-10-13-16-18-20-21-22-23-26-30-33-36-39-43-47-52-57-71(76)84-63-69(90-73(78)59-54-49-44-40-37-34-31-28-25-24-27-29-32-35-38-41-46-50-55-66(5)9-4)65-88-92(81,82)86-61-67(74)60-85-91(79,80)87-64-68(62-83-70(75)56-51-45-15-12-8-3)89-72(77)58-53-48-42-19-17-14-11-7-2/h66-69,74H,6-65H2,1-5H3,(H,79,80)(H,81,82)/t66?,67-,68+,69+/m0/s1. The van der Waals surface area contributed by atoms with Crippen LogP contribution in [0.4, 0.5) is 0 Å². The fourth-order valence-electron chi connectivity index (χ4n) is 11.1. The lowest BCUT2D eigenvalue weighted by Crippen LogP contribution is -2.30. The molecular weight excluding hydrogens is 1210 g/mol. The highest BCUT2D eigenvalue weighted by Gasteiger charge is 2.30. The second-order valence-corrected chi connectivity index (χ2v) is 29.5. The van der Waals surface area contributed by atoms with Gasteiger partial charge < -0.3 is 33.8 Å². The molecule has 0 bridgehead atoms. The van der Waals surface area contributed by atoms with E-state index in [1.54, 1.807) is 0 Å². The van der Waals surface area contributed by atoms with Crippen LogP contribution in [0, 0.1) is 5.92 Å². The van der Waals surface area contributed by atoms with Crippen molar-refractivity contribution >= 4 is 39.5 Å². The van der Waals surface area contributed by atoms with Gasteiger partial charge in [-0.05, 0) is 31.6 Å². The van der Waals surface area contributed by atoms with Crippen molar-refractivity contribution in [3.63, 3.8) is 0 Å². The third-order valence-electron chi connectivity index (χ3n) is 17.4. The van der Waals surface area contributed by atoms with Gasteiger partial charge in [0, 0.05) is 25.7 Å². The highest BCUT2D eigenvalue weighted by atomic mass is 31.2. The molecule has 0 aromatic rings. The van der Waals surface area contributed by atoms with Gasteiger partial charge >= 0.3 is 39.5 Å². The molecule has 3 N–H and O–H groups in total. The number of phosphoric ester groups is 2. The van der Waals surface area contributed by atoms with Crippen molar-refractivity contribution in [2.45, 2.75) is 400 Å². The van der Waals surface area contributed by atoms with E-state index in [0.29, 0.717) is 25.7 Å². The van der Waals surface area contributed by atoms with Crippen LogP contribution in [-0.4, -0.2) is 96.7 Å². The fraction of sp³-hybridized carbons (Fsp3) is 0.945. The molecule has 0 heterocycles. The van der Waals surface area contributed by atoms with Crippen LogP contribution >= 0.6 is 15.6 Å². The van der Waals surface area contributed by atoms with Crippen LogP contribution in [0.25, 0.3) is 0 Å². The lowest BCUT2D eigenvalue weighted by molar-refractivity contribution is -0.161. The number of rotatable bonds is 73. The number of aliphatic hydroxyl groups excluding tert-OH is 1. The highest BCUT2D eigenvalue weighted by Crippen LogP contribution is 2.45. The Morgan fingerprint density at radius 3 is 0.772 bits per heavy atom. The normalized spacial score (nSPS) is 14.3. The lowest BCUT2D eigenvalue weighted by Gasteiger charge is -2.21. The molecular formula is C73H142O17P2. The van der Waals surface area contributed by atoms with Gasteiger partial charge in [-0.15, -0.1) is 0 Å². The van der Waals surface area contributed by atoms with E-state index in [4.69, 9.17) is 37.0 Å². The molecule has 0 rings (SSSR count). The average molecular weight is 1350 g/mol. The Balaban J connectivity index is 5.08. The van der Waals surface area contributed by atoms with Crippen LogP contribution < -0.4 is 0 Å². The predicted molar refractivity (Wildman–Crippen MR) is 372 cm³/mol. The SMILES string of the molecule is CCCCCCCCCCCCCCCCCCCC(=O)OC[C@H](COP(=O)(O)OC[C@@H](O)COP(=O)(O)OC[C@@H](COC(=O)CCCCCCC)OC(=O)CCCCCCCCCC)OC(=O)CCCCCCCCCCCCCCCCCCCCC(C)CC. The Morgan fingerprint density at radius 2 is 0.522 bits per heavy atom. The second kappa shape index (κ2) is 66.3. The summed E-state index contributed by atoms with van der Waals surface area (Å²) in [6.07, 6.45) is 54.7. The van der Waals surface area contributed by atoms with E-state index < -0.39 is 97.5 Å². The second-order valence-electron chi connectivity index (χ2n) is 26.6. The van der Waals surface area contributed by atoms with E-state index in [1.165, 1.54) is 193 Å². The van der Waals surface area contributed by atoms with Crippen molar-refractivity contribution in [1.29, 1.82) is 0 Å². The van der Waals surface area contributed by atoms with Crippen LogP contribution in [0.3, 0.4) is 0 Å². The summed E-state index contributed by atoms with van der Waals surface area (Å²) in [6, 6.07) is 0. The van der Waals surface area contributed by atoms with Gasteiger partial charge in [0.25, 0.3) is 0 Å². The zero-order valence-corrected chi connectivity index (χ0v) is 61.5. The summed E-state index contributed by atoms with van der Waals surface area (Å²) < 4.78 is 68.0. The number of ether oxygens (including phenoxy) is 4. The Kier molecular flexibility index (Phi) is 64.9. The van der Waals surface area contributed by atoms with Gasteiger partial charge in [0.05, 0.1) is 26.4 Å². The Labute approximate surface area is 562 Å². The van der Waals surface area contributed by atoms with E-state index in [-0.39, 0.29) is 25.7 Å². The van der Waals surface area contributed by atoms with E-state index in [1.807, 2.05) is 0 Å². The number of hydrogen-bond acceptors (Lipinski definition) is 15. The minimum atomic E-state index is -4.95. The molecule has 0 aliphatic carbocycles. The summed E-state index contributed by atoms with van der Waals surface area (Å²) in [6.45, 7) is 7.21. The molecule has 546 valence electrons. The first-order chi connectivity index (χ1) is 44.6. The number of aliphatic hydroxyl groups is 1. The summed E-state index contributed by atoms with van der Waals surface area (Å²) in [5.74, 6) is -1.26. The highest BCUT2D eigenvalue weighted by molar-refractivity contribution is 7.47. The molecule has 0 fully saturated rings. The molecule has 0 amide bonds. The topological polar surface area (TPSA) is 237 Å². The molecule has 0 saturated heterocycles. The largest absolute Gasteiger partial charge is 0.472 e. The van der Waals surface area contributed by atoms with Crippen LogP contribution in [0.2, 0.25) is 0 Å². The maximum absolute atomic E-state index is 13.1. The maximum atomic E-state index is 13.1. The lowest BCUT2D eigenvalue weighted by atomic mass is 9.99. The van der Waals surface area contributed by atoms with E-state index in [2.05, 4.69) is 34.6 Å². The minimum Gasteiger partial charge on any atom is -0.462 e. The third-order valence-corrected chi connectivity index (χ3v) is 19.3. The van der Waals surface area contributed by atoms with E-state index in [9.17, 15) is 43.2 Å². The Bertz CT molecular complexity index is 1770. The van der Waals surface area contributed by atoms with Gasteiger partial charge in [0.15, 0.2) is 12.2 Å². The molecule has 0 saturated carbocycles. The molecule has 3 unspecified atom stereocenters. The molecule has 92 heavy (non-hydrogen) atoms. The van der Waals surface area contributed by atoms with E-state index in [0.717, 1.165) is 109 Å². The predicted octanol–water partition coefficient (Wildman–Crippen LogP) is 21.3. The number of esters is 4. The summed E-state index contributed by atoms with van der Waals surface area (Å²) in [7, 11) is -9.89. The Morgan fingerprint density at radius 1 is 0.304 bits per heavy atom. The number of carbonyl (C=O) groups excluding carboxylic acids is 4. The molecule has 0 aliphatic heterocycles. The summed E-state index contributed by atoms with van der Waals surface area (Å²) in [4.78, 5) is 72.2. The fourth-order valence-corrected chi connectivity index (χ4v) is 12.7. The molecule has 0 aliphatic rings. The number of carbonyl (C=O) groups is 4. The zero-order chi connectivity index (χ0) is 67.7. The number of hydrogen-bond donors (Lipinski definition) is 3. The maximum Gasteiger partial charge on any atom is 0.472 e. The van der Waals surface area contributed by atoms with Gasteiger partial charge in [0.2, 0.25) is 0 Å². The van der Waals surface area contributed by atoms with Crippen molar-refractivity contribution in [2.24, 2.45) is 5.92 Å². The average Bonchev–Trinajstić information content (AvgIpc) is 3.42. The summed E-state index contributed by atoms with van der Waals surface area (Å²) in [5, 5.41) is 10.6. The first-order valence-corrected chi connectivity index (χ1v) is 41.2. The van der Waals surface area contributed by atoms with Gasteiger partial charge in [-0.25, -0.2) is 9.13 Å². The smallest absolute Gasteiger partial charge is 0.462 e. The minimum absolute atomic E-state index is 0.104. The number of phosphoric acid groups is 2. The van der Waals surface area contributed by atoms with Crippen molar-refractivity contribution < 1.29 is 80.2 Å². The van der Waals surface area contributed by atoms with Gasteiger partial charge in [0.1, 0.15) is 19.3 Å². The van der Waals surface area contributed by atoms with Crippen LogP contribution in [0.1, 0.15) is 381 Å².